The van der Waals surface area contributed by atoms with Gasteiger partial charge in [-0.1, -0.05) is 25.4 Å². The summed E-state index contributed by atoms with van der Waals surface area (Å²) >= 11 is 0. The first-order valence-electron chi connectivity index (χ1n) is 11.9. The lowest BCUT2D eigenvalue weighted by atomic mass is 10.1. The largest absolute Gasteiger partial charge is 0.454 e. The molecule has 0 fully saturated rings. The fourth-order valence-corrected chi connectivity index (χ4v) is 3.58. The third-order valence-electron chi connectivity index (χ3n) is 5.50. The van der Waals surface area contributed by atoms with Gasteiger partial charge in [0.1, 0.15) is 5.82 Å². The molecule has 1 aliphatic heterocycles. The number of nitrogens with one attached hydrogen (secondary N) is 1. The van der Waals surface area contributed by atoms with Crippen LogP contribution in [0.5, 0.6) is 11.5 Å². The molecule has 1 aliphatic rings. The number of carbonyl (C=O) groups excluding carboxylic acids is 2. The van der Waals surface area contributed by atoms with Crippen molar-refractivity contribution < 1.29 is 28.6 Å². The molecule has 0 saturated heterocycles. The molecule has 1 aromatic heterocycles. The van der Waals surface area contributed by atoms with Gasteiger partial charge in [0.15, 0.2) is 23.8 Å². The van der Waals surface area contributed by atoms with E-state index in [0.29, 0.717) is 35.6 Å². The van der Waals surface area contributed by atoms with Gasteiger partial charge in [-0.3, -0.25) is 19.1 Å². The number of nitrogens with two attached hydrogens (primary N) is 1. The number of oxime groups is 1. The van der Waals surface area contributed by atoms with E-state index in [4.69, 9.17) is 24.8 Å². The molecule has 0 radical (unpaired) electrons. The van der Waals surface area contributed by atoms with Gasteiger partial charge >= 0.3 is 11.7 Å². The maximum Gasteiger partial charge on any atom is 0.347 e. The number of anilines is 2. The van der Waals surface area contributed by atoms with Gasteiger partial charge in [0.2, 0.25) is 13.4 Å². The Morgan fingerprint density at radius 3 is 2.65 bits per heavy atom. The average molecular weight is 518 g/mol. The summed E-state index contributed by atoms with van der Waals surface area (Å²) in [6, 6.07) is 5.25. The summed E-state index contributed by atoms with van der Waals surface area (Å²) in [5.41, 5.74) is 5.71. The molecule has 2 aromatic rings. The van der Waals surface area contributed by atoms with Gasteiger partial charge in [-0.2, -0.15) is 0 Å². The highest BCUT2D eigenvalue weighted by atomic mass is 16.7. The van der Waals surface area contributed by atoms with Crippen molar-refractivity contribution in [3.8, 4) is 11.5 Å². The van der Waals surface area contributed by atoms with Gasteiger partial charge in [-0.25, -0.2) is 9.59 Å². The monoisotopic (exact) mass is 517 g/mol. The summed E-state index contributed by atoms with van der Waals surface area (Å²) in [4.78, 5) is 58.2. The maximum atomic E-state index is 12.9. The Morgan fingerprint density at radius 2 is 1.92 bits per heavy atom. The van der Waals surface area contributed by atoms with Crippen molar-refractivity contribution in [1.82, 2.24) is 9.55 Å². The zero-order valence-corrected chi connectivity index (χ0v) is 21.1. The van der Waals surface area contributed by atoms with Crippen molar-refractivity contribution in [2.75, 3.05) is 37.2 Å². The quantitative estimate of drug-likeness (QED) is 0.240. The first-order valence-corrected chi connectivity index (χ1v) is 11.9. The predicted octanol–water partition coefficient (Wildman–Crippen LogP) is 1.37. The van der Waals surface area contributed by atoms with Crippen molar-refractivity contribution in [2.45, 2.75) is 46.6 Å². The molecule has 37 heavy (non-hydrogen) atoms. The smallest absolute Gasteiger partial charge is 0.347 e. The highest BCUT2D eigenvalue weighted by molar-refractivity contribution is 5.99. The topological polar surface area (TPSA) is 168 Å². The van der Waals surface area contributed by atoms with Crippen LogP contribution in [-0.4, -0.2) is 53.7 Å². The number of carbonyl (C=O) groups is 2. The summed E-state index contributed by atoms with van der Waals surface area (Å²) in [6.07, 6.45) is 1.87. The minimum atomic E-state index is -0.830. The highest BCUT2D eigenvalue weighted by Gasteiger charge is 2.25. The molecule has 3 rings (SSSR count). The molecule has 200 valence electrons. The summed E-state index contributed by atoms with van der Waals surface area (Å²) < 4.78 is 16.8. The predicted molar refractivity (Wildman–Crippen MR) is 135 cm³/mol. The van der Waals surface area contributed by atoms with E-state index in [1.54, 1.807) is 25.1 Å². The van der Waals surface area contributed by atoms with Crippen molar-refractivity contribution in [3.63, 3.8) is 0 Å². The lowest BCUT2D eigenvalue weighted by molar-refractivity contribution is -0.152. The second-order valence-electron chi connectivity index (χ2n) is 8.22. The van der Waals surface area contributed by atoms with E-state index in [-0.39, 0.29) is 31.4 Å². The van der Waals surface area contributed by atoms with E-state index < -0.39 is 36.3 Å². The standard InChI is InChI=1S/C24H31N5O8/c1-4-6-10-28(21-22(25)29(9-5-2)24(33)26-23(21)32)19(30)12-34-20(31)13-37-27-15(3)16-7-8-17-18(11-16)36-14-35-17/h7-8,11H,4-6,9-10,12-14,25H2,1-3H3,(H,26,32,33)/b27-15+. The molecule has 0 bridgehead atoms. The van der Waals surface area contributed by atoms with E-state index in [1.807, 2.05) is 13.8 Å². The molecule has 0 unspecified atom stereocenters. The van der Waals surface area contributed by atoms with Gasteiger partial charge in [-0.15, -0.1) is 0 Å². The summed E-state index contributed by atoms with van der Waals surface area (Å²) in [5.74, 6) is -0.401. The van der Waals surface area contributed by atoms with Gasteiger partial charge in [0, 0.05) is 18.7 Å². The zero-order chi connectivity index (χ0) is 26.9. The van der Waals surface area contributed by atoms with Crippen molar-refractivity contribution in [2.24, 2.45) is 5.16 Å². The van der Waals surface area contributed by atoms with E-state index in [9.17, 15) is 19.2 Å². The molecule has 0 aliphatic carbocycles. The number of aromatic nitrogens is 2. The Kier molecular flexibility index (Phi) is 9.30. The molecule has 1 aromatic carbocycles. The molecular weight excluding hydrogens is 486 g/mol. The number of hydrogen-bond donors (Lipinski definition) is 2. The molecule has 3 N–H and O–H groups in total. The Hall–Kier alpha value is -4.29. The number of nitrogen functional groups attached to an aromatic ring is 1. The third-order valence-corrected chi connectivity index (χ3v) is 5.50. The lowest BCUT2D eigenvalue weighted by Crippen LogP contribution is -2.43. The van der Waals surface area contributed by atoms with Gasteiger partial charge in [0.05, 0.1) is 5.71 Å². The van der Waals surface area contributed by atoms with Crippen molar-refractivity contribution >= 4 is 29.1 Å². The highest BCUT2D eigenvalue weighted by Crippen LogP contribution is 2.32. The van der Waals surface area contributed by atoms with Crippen LogP contribution < -0.4 is 31.4 Å². The molecule has 0 spiro atoms. The zero-order valence-electron chi connectivity index (χ0n) is 21.1. The second-order valence-corrected chi connectivity index (χ2v) is 8.22. The Bertz CT molecular complexity index is 1280. The second kappa shape index (κ2) is 12.6. The minimum absolute atomic E-state index is 0.122. The number of aromatic amines is 1. The number of rotatable bonds is 12. The molecular formula is C24H31N5O8. The molecule has 0 atom stereocenters. The van der Waals surface area contributed by atoms with Gasteiger partial charge in [-0.05, 0) is 38.0 Å². The Labute approximate surface area is 212 Å². The first-order chi connectivity index (χ1) is 17.8. The van der Waals surface area contributed by atoms with Crippen LogP contribution in [0, 0.1) is 0 Å². The summed E-state index contributed by atoms with van der Waals surface area (Å²) in [7, 11) is 0. The lowest BCUT2D eigenvalue weighted by Gasteiger charge is -2.24. The first kappa shape index (κ1) is 27.3. The number of fused-ring (bicyclic) bond motifs is 1. The van der Waals surface area contributed by atoms with Crippen LogP contribution in [0.4, 0.5) is 11.5 Å². The average Bonchev–Trinajstić information content (AvgIpc) is 3.35. The number of hydrogen-bond acceptors (Lipinski definition) is 10. The van der Waals surface area contributed by atoms with Gasteiger partial charge < -0.3 is 29.7 Å². The fraction of sp³-hybridized carbons (Fsp3) is 0.458. The third kappa shape index (κ3) is 6.68. The number of H-pyrrole nitrogens is 1. The SMILES string of the molecule is CCCCN(C(=O)COC(=O)CO/N=C(\C)c1ccc2c(c1)OCO2)c1c(N)n(CCC)c(=O)[nH]c1=O. The molecule has 2 heterocycles. The van der Waals surface area contributed by atoms with E-state index in [2.05, 4.69) is 10.1 Å². The molecule has 0 saturated carbocycles. The fourth-order valence-electron chi connectivity index (χ4n) is 3.58. The van der Waals surface area contributed by atoms with Crippen LogP contribution in [0.15, 0.2) is 32.9 Å². The number of ether oxygens (including phenoxy) is 3. The van der Waals surface area contributed by atoms with Gasteiger partial charge in [0.25, 0.3) is 11.5 Å². The maximum absolute atomic E-state index is 12.9. The van der Waals surface area contributed by atoms with Crippen LogP contribution in [0.1, 0.15) is 45.6 Å². The van der Waals surface area contributed by atoms with E-state index in [0.717, 1.165) is 11.3 Å². The molecule has 13 heteroatoms. The Balaban J connectivity index is 1.62. The van der Waals surface area contributed by atoms with E-state index >= 15 is 0 Å². The normalized spacial score (nSPS) is 12.4. The van der Waals surface area contributed by atoms with Crippen LogP contribution in [0.3, 0.4) is 0 Å². The van der Waals surface area contributed by atoms with Crippen molar-refractivity contribution in [3.05, 3.63) is 44.6 Å². The summed E-state index contributed by atoms with van der Waals surface area (Å²) in [5, 5.41) is 3.90. The van der Waals surface area contributed by atoms with Crippen molar-refractivity contribution in [1.29, 1.82) is 0 Å². The van der Waals surface area contributed by atoms with E-state index in [1.165, 1.54) is 4.57 Å². The molecule has 13 nitrogen and oxygen atoms in total. The van der Waals surface area contributed by atoms with Crippen LogP contribution >= 0.6 is 0 Å². The summed E-state index contributed by atoms with van der Waals surface area (Å²) in [6.45, 7) is 4.84. The Morgan fingerprint density at radius 1 is 1.16 bits per heavy atom. The van der Waals surface area contributed by atoms with Crippen LogP contribution in [0.2, 0.25) is 0 Å². The number of nitrogens with zero attached hydrogens (tertiary/aromatic N) is 3. The number of amides is 1. The number of esters is 1. The number of unbranched alkanes of at least 4 members (excludes halogenated alkanes) is 1. The van der Waals surface area contributed by atoms with Crippen LogP contribution in [0.25, 0.3) is 0 Å². The minimum Gasteiger partial charge on any atom is -0.454 e. The van der Waals surface area contributed by atoms with Crippen LogP contribution in [-0.2, 0) is 25.7 Å². The molecule has 1 amide bonds. The number of benzene rings is 1.